The van der Waals surface area contributed by atoms with E-state index in [-0.39, 0.29) is 29.8 Å². The molecule has 1 amide bonds. The molecule has 0 aliphatic rings. The number of nitrogens with zero attached hydrogens (tertiary/aromatic N) is 5. The van der Waals surface area contributed by atoms with E-state index >= 15 is 0 Å². The highest BCUT2D eigenvalue weighted by Crippen LogP contribution is 2.39. The molecule has 1 atom stereocenters. The van der Waals surface area contributed by atoms with Crippen molar-refractivity contribution in [2.24, 2.45) is 0 Å². The van der Waals surface area contributed by atoms with Crippen molar-refractivity contribution in [3.05, 3.63) is 60.3 Å². The lowest BCUT2D eigenvalue weighted by atomic mass is 10.2. The molecule has 0 saturated heterocycles. The Morgan fingerprint density at radius 2 is 2.06 bits per heavy atom. The highest BCUT2D eigenvalue weighted by Gasteiger charge is 2.22. The van der Waals surface area contributed by atoms with Crippen molar-refractivity contribution in [2.45, 2.75) is 49.9 Å². The molecular weight excluding hydrogens is 464 g/mol. The second-order valence-electron chi connectivity index (χ2n) is 9.10. The summed E-state index contributed by atoms with van der Waals surface area (Å²) in [5.41, 5.74) is 3.14. The molecule has 4 aromatic heterocycles. The van der Waals surface area contributed by atoms with E-state index in [9.17, 15) is 9.90 Å². The van der Waals surface area contributed by atoms with E-state index in [0.29, 0.717) is 17.0 Å². The molecule has 0 aromatic carbocycles. The molecule has 2 N–H and O–H groups in total. The van der Waals surface area contributed by atoms with Gasteiger partial charge in [-0.3, -0.25) is 18.9 Å². The first-order valence-electron chi connectivity index (χ1n) is 11.3. The molecule has 0 bridgehead atoms. The van der Waals surface area contributed by atoms with Gasteiger partial charge in [-0.15, -0.1) is 11.8 Å². The van der Waals surface area contributed by atoms with Crippen LogP contribution < -0.4 is 10.1 Å². The maximum Gasteiger partial charge on any atom is 0.270 e. The Kier molecular flexibility index (Phi) is 7.13. The zero-order valence-corrected chi connectivity index (χ0v) is 21.3. The molecule has 4 rings (SSSR count). The van der Waals surface area contributed by atoms with Crippen molar-refractivity contribution in [3.8, 4) is 17.1 Å². The first-order chi connectivity index (χ1) is 16.7. The van der Waals surface area contributed by atoms with Crippen LogP contribution in [0, 0.1) is 0 Å². The summed E-state index contributed by atoms with van der Waals surface area (Å²) >= 11 is 1.70. The van der Waals surface area contributed by atoms with E-state index < -0.39 is 0 Å². The van der Waals surface area contributed by atoms with Gasteiger partial charge in [0.15, 0.2) is 0 Å². The van der Waals surface area contributed by atoms with Crippen LogP contribution in [-0.2, 0) is 6.54 Å². The number of hydrogen-bond donors (Lipinski definition) is 2. The number of nitrogens with one attached hydrogen (secondary N) is 1. The quantitative estimate of drug-likeness (QED) is 0.357. The molecule has 10 heteroatoms. The molecule has 0 fully saturated rings. The zero-order chi connectivity index (χ0) is 25.2. The number of aliphatic hydroxyl groups excluding tert-OH is 1. The molecule has 9 nitrogen and oxygen atoms in total. The fourth-order valence-corrected chi connectivity index (χ4v) is 4.77. The SMILES string of the molecule is COc1cc2ncc(-c3cc(C(=O)NC(C)c4ccccn4)n(CCO)n3)n2cc1SC(C)(C)C. The van der Waals surface area contributed by atoms with Crippen LogP contribution in [0.1, 0.15) is 49.9 Å². The van der Waals surface area contributed by atoms with Crippen molar-refractivity contribution >= 4 is 23.3 Å². The van der Waals surface area contributed by atoms with Gasteiger partial charge in [0.25, 0.3) is 5.91 Å². The van der Waals surface area contributed by atoms with Gasteiger partial charge in [0.1, 0.15) is 22.8 Å². The Hall–Kier alpha value is -3.37. The molecular formula is C25H30N6O3S. The van der Waals surface area contributed by atoms with Crippen LogP contribution in [-0.4, -0.2) is 53.6 Å². The van der Waals surface area contributed by atoms with Crippen molar-refractivity contribution < 1.29 is 14.6 Å². The minimum absolute atomic E-state index is 0.0139. The predicted octanol–water partition coefficient (Wildman–Crippen LogP) is 3.98. The highest BCUT2D eigenvalue weighted by atomic mass is 32.2. The second-order valence-corrected chi connectivity index (χ2v) is 11.0. The number of carbonyl (C=O) groups excluding carboxylic acids is 1. The summed E-state index contributed by atoms with van der Waals surface area (Å²) in [6, 6.07) is 8.90. The summed E-state index contributed by atoms with van der Waals surface area (Å²) in [6.45, 7) is 8.35. The Morgan fingerprint density at radius 1 is 1.26 bits per heavy atom. The number of thioether (sulfide) groups is 1. The van der Waals surface area contributed by atoms with Crippen LogP contribution in [0.4, 0.5) is 0 Å². The van der Waals surface area contributed by atoms with Crippen LogP contribution in [0.2, 0.25) is 0 Å². The number of pyridine rings is 2. The van der Waals surface area contributed by atoms with Gasteiger partial charge in [-0.2, -0.15) is 5.10 Å². The number of imidazole rings is 1. The monoisotopic (exact) mass is 494 g/mol. The number of carbonyl (C=O) groups is 1. The molecule has 184 valence electrons. The summed E-state index contributed by atoms with van der Waals surface area (Å²) in [5, 5.41) is 17.2. The fraction of sp³-hybridized carbons (Fsp3) is 0.360. The van der Waals surface area contributed by atoms with Crippen LogP contribution in [0.3, 0.4) is 0 Å². The van der Waals surface area contributed by atoms with Gasteiger partial charge in [-0.05, 0) is 25.1 Å². The Balaban J connectivity index is 1.71. The van der Waals surface area contributed by atoms with Gasteiger partial charge in [0.05, 0.1) is 48.8 Å². The average molecular weight is 495 g/mol. The normalized spacial score (nSPS) is 12.6. The van der Waals surface area contributed by atoms with E-state index in [4.69, 9.17) is 4.74 Å². The first kappa shape index (κ1) is 24.7. The van der Waals surface area contributed by atoms with E-state index in [0.717, 1.165) is 22.0 Å². The Bertz CT molecular complexity index is 1330. The Morgan fingerprint density at radius 3 is 2.71 bits per heavy atom. The topological polar surface area (TPSA) is 107 Å². The molecule has 1 unspecified atom stereocenters. The van der Waals surface area contributed by atoms with Gasteiger partial charge in [0.2, 0.25) is 0 Å². The minimum Gasteiger partial charge on any atom is -0.495 e. The standard InChI is InChI=1S/C25H30N6O3S/c1-16(17-8-6-7-9-26-17)28-24(33)19-12-18(29-31(19)10-11-32)20-14-27-23-13-21(34-5)22(15-30(20)23)35-25(2,3)4/h6-9,12-16,32H,10-11H2,1-5H3,(H,28,33). The van der Waals surface area contributed by atoms with Gasteiger partial charge in [0, 0.05) is 23.2 Å². The predicted molar refractivity (Wildman–Crippen MR) is 136 cm³/mol. The van der Waals surface area contributed by atoms with E-state index in [1.165, 1.54) is 4.68 Å². The van der Waals surface area contributed by atoms with Gasteiger partial charge in [-0.25, -0.2) is 4.98 Å². The smallest absolute Gasteiger partial charge is 0.270 e. The molecule has 0 aliphatic carbocycles. The average Bonchev–Trinajstić information content (AvgIpc) is 3.42. The van der Waals surface area contributed by atoms with E-state index in [2.05, 4.69) is 41.2 Å². The van der Waals surface area contributed by atoms with Crippen molar-refractivity contribution in [1.82, 2.24) is 29.5 Å². The minimum atomic E-state index is -0.296. The van der Waals surface area contributed by atoms with Crippen molar-refractivity contribution in [3.63, 3.8) is 0 Å². The molecule has 0 saturated carbocycles. The van der Waals surface area contributed by atoms with Crippen LogP contribution in [0.15, 0.2) is 53.8 Å². The first-order valence-corrected chi connectivity index (χ1v) is 12.2. The van der Waals surface area contributed by atoms with Crippen LogP contribution in [0.25, 0.3) is 17.0 Å². The third-order valence-corrected chi connectivity index (χ3v) is 6.42. The molecule has 0 aliphatic heterocycles. The number of fused-ring (bicyclic) bond motifs is 1. The second kappa shape index (κ2) is 10.1. The number of ether oxygens (including phenoxy) is 1. The zero-order valence-electron chi connectivity index (χ0n) is 20.5. The van der Waals surface area contributed by atoms with Gasteiger partial charge in [-0.1, -0.05) is 26.8 Å². The summed E-state index contributed by atoms with van der Waals surface area (Å²) in [4.78, 5) is 23.0. The summed E-state index contributed by atoms with van der Waals surface area (Å²) in [5.74, 6) is 0.457. The van der Waals surface area contributed by atoms with Gasteiger partial charge >= 0.3 is 0 Å². The number of aliphatic hydroxyl groups is 1. The van der Waals surface area contributed by atoms with E-state index in [1.54, 1.807) is 37.3 Å². The lowest BCUT2D eigenvalue weighted by Gasteiger charge is -2.19. The third-order valence-electron chi connectivity index (χ3n) is 5.28. The van der Waals surface area contributed by atoms with Crippen molar-refractivity contribution in [1.29, 1.82) is 0 Å². The van der Waals surface area contributed by atoms with Gasteiger partial charge < -0.3 is 15.2 Å². The molecule has 35 heavy (non-hydrogen) atoms. The summed E-state index contributed by atoms with van der Waals surface area (Å²) in [7, 11) is 1.65. The molecule has 0 spiro atoms. The maximum absolute atomic E-state index is 13.1. The number of hydrogen-bond acceptors (Lipinski definition) is 7. The highest BCUT2D eigenvalue weighted by molar-refractivity contribution is 8.00. The molecule has 4 aromatic rings. The summed E-state index contributed by atoms with van der Waals surface area (Å²) in [6.07, 6.45) is 5.41. The maximum atomic E-state index is 13.1. The fourth-order valence-electron chi connectivity index (χ4n) is 3.71. The number of amides is 1. The van der Waals surface area contributed by atoms with Crippen LogP contribution >= 0.6 is 11.8 Å². The Labute approximate surface area is 208 Å². The lowest BCUT2D eigenvalue weighted by molar-refractivity contribution is 0.0926. The number of aromatic nitrogens is 5. The molecule has 0 radical (unpaired) electrons. The lowest BCUT2D eigenvalue weighted by Crippen LogP contribution is -2.29. The largest absolute Gasteiger partial charge is 0.495 e. The number of rotatable bonds is 8. The summed E-state index contributed by atoms with van der Waals surface area (Å²) < 4.78 is 9.04. The third kappa shape index (κ3) is 5.49. The molecule has 4 heterocycles. The van der Waals surface area contributed by atoms with Crippen molar-refractivity contribution in [2.75, 3.05) is 13.7 Å². The van der Waals surface area contributed by atoms with Crippen LogP contribution in [0.5, 0.6) is 5.75 Å². The number of methoxy groups -OCH3 is 1. The van der Waals surface area contributed by atoms with E-state index in [1.807, 2.05) is 41.8 Å².